The van der Waals surface area contributed by atoms with Crippen LogP contribution in [0.15, 0.2) is 84.1 Å². The summed E-state index contributed by atoms with van der Waals surface area (Å²) >= 11 is 0. The average molecular weight is 483 g/mol. The van der Waals surface area contributed by atoms with E-state index in [0.717, 1.165) is 5.92 Å². The van der Waals surface area contributed by atoms with E-state index >= 15 is 0 Å². The molecule has 2 aromatic carbocycles. The Labute approximate surface area is 216 Å². The second-order valence-corrected chi connectivity index (χ2v) is 18.9. The van der Waals surface area contributed by atoms with Gasteiger partial charge in [-0.05, 0) is 56.7 Å². The van der Waals surface area contributed by atoms with Gasteiger partial charge in [-0.2, -0.15) is 0 Å². The maximum atomic E-state index is 2.83. The Hall–Kier alpha value is -2.12. The van der Waals surface area contributed by atoms with Gasteiger partial charge in [-0.1, -0.05) is 152 Å². The molecule has 0 N–H and O–H groups in total. The summed E-state index contributed by atoms with van der Waals surface area (Å²) in [6.45, 7) is 17.7. The van der Waals surface area contributed by atoms with Crippen molar-refractivity contribution in [2.45, 2.75) is 96.2 Å². The van der Waals surface area contributed by atoms with E-state index in [9.17, 15) is 0 Å². The van der Waals surface area contributed by atoms with Crippen LogP contribution in [0, 0.1) is 5.92 Å². The fourth-order valence-corrected chi connectivity index (χ4v) is 14.8. The highest BCUT2D eigenvalue weighted by molar-refractivity contribution is 6.92. The number of rotatable bonds is 3. The Balaban J connectivity index is 2.07. The van der Waals surface area contributed by atoms with Gasteiger partial charge in [0.1, 0.15) is 0 Å². The second kappa shape index (κ2) is 10.1. The molecule has 0 amide bonds. The molecule has 1 heteroatoms. The minimum Gasteiger partial charge on any atom is -0.0843 e. The molecule has 1 fully saturated rings. The van der Waals surface area contributed by atoms with Crippen molar-refractivity contribution in [2.24, 2.45) is 5.92 Å². The van der Waals surface area contributed by atoms with E-state index in [1.54, 1.807) is 5.57 Å². The standard InChI is InChI=1S/C34H46Si/c1-26-30(23-27-17-11-8-12-18-27)24-31(28-19-13-9-14-20-28)32(29-21-15-10-16-22-29)25-35(26,33(2,3)4)34(5,6)7/h9-10,13-16,19-27H,8,11-12,17-18H2,1-7H3/b30-23-/t26-/m1/s1. The molecule has 1 saturated carbocycles. The number of hydrogen-bond donors (Lipinski definition) is 0. The number of allylic oxidation sites excluding steroid dienone is 5. The lowest BCUT2D eigenvalue weighted by atomic mass is 9.86. The molecule has 186 valence electrons. The molecule has 0 spiro atoms. The van der Waals surface area contributed by atoms with E-state index < -0.39 is 8.07 Å². The Morgan fingerprint density at radius 2 is 1.17 bits per heavy atom. The fraction of sp³-hybridized carbons (Fsp3) is 0.471. The summed E-state index contributed by atoms with van der Waals surface area (Å²) in [6.07, 6.45) is 12.2. The average Bonchev–Trinajstić information content (AvgIpc) is 2.96. The molecule has 1 aliphatic carbocycles. The van der Waals surface area contributed by atoms with Gasteiger partial charge >= 0.3 is 0 Å². The van der Waals surface area contributed by atoms with Crippen molar-refractivity contribution in [3.8, 4) is 0 Å². The van der Waals surface area contributed by atoms with Gasteiger partial charge in [0.15, 0.2) is 0 Å². The molecule has 2 aromatic rings. The minimum absolute atomic E-state index is 0.219. The predicted molar refractivity (Wildman–Crippen MR) is 158 cm³/mol. The summed E-state index contributed by atoms with van der Waals surface area (Å²) in [7, 11) is -2.09. The van der Waals surface area contributed by atoms with Crippen molar-refractivity contribution in [2.75, 3.05) is 0 Å². The van der Waals surface area contributed by atoms with E-state index in [-0.39, 0.29) is 10.1 Å². The molecule has 35 heavy (non-hydrogen) atoms. The van der Waals surface area contributed by atoms with Crippen LogP contribution in [0.1, 0.15) is 91.7 Å². The first kappa shape index (κ1) is 26.0. The topological polar surface area (TPSA) is 0 Å². The van der Waals surface area contributed by atoms with Crippen molar-refractivity contribution >= 4 is 19.2 Å². The maximum absolute atomic E-state index is 2.83. The first-order chi connectivity index (χ1) is 16.5. The lowest BCUT2D eigenvalue weighted by Crippen LogP contribution is -2.54. The molecule has 0 saturated heterocycles. The highest BCUT2D eigenvalue weighted by Gasteiger charge is 2.56. The Morgan fingerprint density at radius 3 is 1.66 bits per heavy atom. The lowest BCUT2D eigenvalue weighted by Gasteiger charge is -2.54. The van der Waals surface area contributed by atoms with Crippen molar-refractivity contribution in [3.63, 3.8) is 0 Å². The summed E-state index contributed by atoms with van der Waals surface area (Å²) in [5, 5.41) is 0.437. The van der Waals surface area contributed by atoms with Gasteiger partial charge in [0.25, 0.3) is 0 Å². The third kappa shape index (κ3) is 5.08. The van der Waals surface area contributed by atoms with E-state index in [0.29, 0.717) is 5.54 Å². The van der Waals surface area contributed by atoms with Crippen LogP contribution in [-0.2, 0) is 0 Å². The van der Waals surface area contributed by atoms with Gasteiger partial charge in [0, 0.05) is 0 Å². The van der Waals surface area contributed by atoms with Crippen LogP contribution in [0.3, 0.4) is 0 Å². The second-order valence-electron chi connectivity index (χ2n) is 13.0. The zero-order chi connectivity index (χ0) is 25.3. The predicted octanol–water partition coefficient (Wildman–Crippen LogP) is 10.7. The Kier molecular flexibility index (Phi) is 7.48. The maximum Gasteiger partial charge on any atom is 0.0962 e. The molecule has 1 atom stereocenters. The van der Waals surface area contributed by atoms with Gasteiger partial charge in [-0.3, -0.25) is 0 Å². The molecule has 1 aliphatic heterocycles. The summed E-state index contributed by atoms with van der Waals surface area (Å²) in [6, 6.07) is 22.3. The van der Waals surface area contributed by atoms with Crippen molar-refractivity contribution in [1.82, 2.24) is 0 Å². The Morgan fingerprint density at radius 1 is 0.686 bits per heavy atom. The largest absolute Gasteiger partial charge is 0.0962 e. The zero-order valence-corrected chi connectivity index (χ0v) is 24.2. The zero-order valence-electron chi connectivity index (χ0n) is 23.2. The molecule has 0 radical (unpaired) electrons. The first-order valence-electron chi connectivity index (χ1n) is 13.8. The first-order valence-corrected chi connectivity index (χ1v) is 16.0. The molecule has 4 rings (SSSR count). The van der Waals surface area contributed by atoms with Crippen LogP contribution in [0.25, 0.3) is 11.1 Å². The summed E-state index contributed by atoms with van der Waals surface area (Å²) in [4.78, 5) is 0. The van der Waals surface area contributed by atoms with Crippen LogP contribution in [0.5, 0.6) is 0 Å². The lowest BCUT2D eigenvalue weighted by molar-refractivity contribution is 0.417. The highest BCUT2D eigenvalue weighted by Crippen LogP contribution is 2.62. The third-order valence-corrected chi connectivity index (χ3v) is 16.3. The Bertz CT molecular complexity index is 1070. The van der Waals surface area contributed by atoms with Crippen LogP contribution in [0.2, 0.25) is 15.6 Å². The summed E-state index contributed by atoms with van der Waals surface area (Å²) < 4.78 is 0. The van der Waals surface area contributed by atoms with E-state index in [1.165, 1.54) is 54.4 Å². The van der Waals surface area contributed by atoms with E-state index in [4.69, 9.17) is 0 Å². The monoisotopic (exact) mass is 482 g/mol. The van der Waals surface area contributed by atoms with Crippen LogP contribution < -0.4 is 0 Å². The fourth-order valence-electron chi connectivity index (χ4n) is 7.40. The summed E-state index contributed by atoms with van der Waals surface area (Å²) in [5.74, 6) is 0.722. The third-order valence-electron chi connectivity index (χ3n) is 8.89. The van der Waals surface area contributed by atoms with Gasteiger partial charge in [0.2, 0.25) is 0 Å². The molecule has 0 aromatic heterocycles. The molecule has 0 nitrogen and oxygen atoms in total. The van der Waals surface area contributed by atoms with Gasteiger partial charge in [0.05, 0.1) is 8.07 Å². The van der Waals surface area contributed by atoms with Crippen molar-refractivity contribution < 1.29 is 0 Å². The van der Waals surface area contributed by atoms with Crippen LogP contribution in [-0.4, -0.2) is 8.07 Å². The van der Waals surface area contributed by atoms with Crippen molar-refractivity contribution in [1.29, 1.82) is 0 Å². The minimum atomic E-state index is -2.09. The van der Waals surface area contributed by atoms with Crippen LogP contribution in [0.4, 0.5) is 0 Å². The van der Waals surface area contributed by atoms with E-state index in [1.807, 2.05) is 0 Å². The molecule has 0 bridgehead atoms. The number of benzene rings is 2. The van der Waals surface area contributed by atoms with Crippen LogP contribution >= 0.6 is 0 Å². The summed E-state index contributed by atoms with van der Waals surface area (Å²) in [5.41, 5.74) is 10.5. The van der Waals surface area contributed by atoms with Gasteiger partial charge < -0.3 is 0 Å². The van der Waals surface area contributed by atoms with E-state index in [2.05, 4.69) is 127 Å². The molecule has 2 aliphatic rings. The SMILES string of the molecule is C[C@@H]1/C(=C\C2CCCCC2)C=C(c2ccccc2)C(c2ccccc2)=C[Si]1(C(C)(C)C)C(C)(C)C. The molecular weight excluding hydrogens is 436 g/mol. The van der Waals surface area contributed by atoms with Gasteiger partial charge in [-0.15, -0.1) is 0 Å². The quantitative estimate of drug-likeness (QED) is 0.382. The number of hydrogen-bond acceptors (Lipinski definition) is 0. The normalized spacial score (nSPS) is 22.9. The smallest absolute Gasteiger partial charge is 0.0843 e. The van der Waals surface area contributed by atoms with Crippen molar-refractivity contribution in [3.05, 3.63) is 95.2 Å². The molecular formula is C34H46Si. The molecule has 0 unspecified atom stereocenters. The highest BCUT2D eigenvalue weighted by atomic mass is 28.3. The molecule has 1 heterocycles. The van der Waals surface area contributed by atoms with Gasteiger partial charge in [-0.25, -0.2) is 0 Å².